The summed E-state index contributed by atoms with van der Waals surface area (Å²) in [7, 11) is 1.45. The van der Waals surface area contributed by atoms with Crippen LogP contribution in [-0.2, 0) is 16.2 Å². The molecular weight excluding hydrogens is 543 g/mol. The van der Waals surface area contributed by atoms with Crippen molar-refractivity contribution in [1.82, 2.24) is 5.32 Å². The Morgan fingerprint density at radius 3 is 2.44 bits per heavy atom. The van der Waals surface area contributed by atoms with E-state index in [1.54, 1.807) is 42.5 Å². The third kappa shape index (κ3) is 6.71. The fraction of sp³-hybridized carbons (Fsp3) is 0.207. The molecule has 0 aromatic heterocycles. The Bertz CT molecular complexity index is 1420. The van der Waals surface area contributed by atoms with Crippen LogP contribution in [0.4, 0.5) is 10.5 Å². The molecule has 0 spiro atoms. The molecule has 10 heteroatoms. The number of hydrogen-bond donors (Lipinski definition) is 1. The summed E-state index contributed by atoms with van der Waals surface area (Å²) in [5.74, 6) is -0.398. The van der Waals surface area contributed by atoms with Crippen molar-refractivity contribution in [1.29, 1.82) is 0 Å². The smallest absolute Gasteiger partial charge is 0.335 e. The zero-order chi connectivity index (χ0) is 27.9. The number of barbiturate groups is 1. The van der Waals surface area contributed by atoms with Gasteiger partial charge in [0.05, 0.1) is 24.4 Å². The second-order valence-electron chi connectivity index (χ2n) is 8.61. The average Bonchev–Trinajstić information content (AvgIpc) is 2.91. The Morgan fingerprint density at radius 2 is 1.74 bits per heavy atom. The number of anilines is 1. The molecule has 3 aromatic rings. The first-order valence-corrected chi connectivity index (χ1v) is 13.0. The lowest BCUT2D eigenvalue weighted by Gasteiger charge is -2.26. The maximum atomic E-state index is 13.3. The summed E-state index contributed by atoms with van der Waals surface area (Å²) in [5.41, 5.74) is 1.28. The highest BCUT2D eigenvalue weighted by Gasteiger charge is 2.37. The number of benzene rings is 3. The number of amides is 4. The Labute approximate surface area is 236 Å². The molecule has 1 N–H and O–H groups in total. The van der Waals surface area contributed by atoms with Gasteiger partial charge in [-0.1, -0.05) is 48.7 Å². The molecule has 1 heterocycles. The van der Waals surface area contributed by atoms with Gasteiger partial charge in [-0.25, -0.2) is 9.69 Å². The van der Waals surface area contributed by atoms with Crippen LogP contribution in [0.2, 0.25) is 10.0 Å². The monoisotopic (exact) mass is 568 g/mol. The highest BCUT2D eigenvalue weighted by Crippen LogP contribution is 2.38. The summed E-state index contributed by atoms with van der Waals surface area (Å²) < 4.78 is 17.0. The molecule has 1 fully saturated rings. The fourth-order valence-corrected chi connectivity index (χ4v) is 4.32. The Morgan fingerprint density at radius 1 is 0.974 bits per heavy atom. The highest BCUT2D eigenvalue weighted by atomic mass is 35.5. The van der Waals surface area contributed by atoms with Crippen LogP contribution in [0.5, 0.6) is 17.2 Å². The van der Waals surface area contributed by atoms with Crippen molar-refractivity contribution in [2.75, 3.05) is 18.6 Å². The van der Waals surface area contributed by atoms with Crippen molar-refractivity contribution in [2.45, 2.75) is 26.4 Å². The second kappa shape index (κ2) is 12.7. The van der Waals surface area contributed by atoms with Gasteiger partial charge in [0.25, 0.3) is 11.8 Å². The van der Waals surface area contributed by atoms with Crippen molar-refractivity contribution in [3.05, 3.63) is 87.4 Å². The molecule has 39 heavy (non-hydrogen) atoms. The first-order valence-electron chi connectivity index (χ1n) is 12.2. The van der Waals surface area contributed by atoms with Gasteiger partial charge >= 0.3 is 6.03 Å². The lowest BCUT2D eigenvalue weighted by Crippen LogP contribution is -2.54. The van der Waals surface area contributed by atoms with Gasteiger partial charge in [0.1, 0.15) is 17.9 Å². The van der Waals surface area contributed by atoms with Gasteiger partial charge in [-0.05, 0) is 72.2 Å². The average molecular weight is 569 g/mol. The van der Waals surface area contributed by atoms with E-state index in [2.05, 4.69) is 12.2 Å². The molecular formula is C29H26Cl2N2O6. The number of ether oxygens (including phenoxy) is 3. The molecule has 0 unspecified atom stereocenters. The third-order valence-electron chi connectivity index (χ3n) is 5.80. The minimum absolute atomic E-state index is 0.192. The molecule has 8 nitrogen and oxygen atoms in total. The summed E-state index contributed by atoms with van der Waals surface area (Å²) in [6, 6.07) is 16.0. The molecule has 0 atom stereocenters. The summed E-state index contributed by atoms with van der Waals surface area (Å²) in [5, 5.41) is 3.00. The predicted octanol–water partition coefficient (Wildman–Crippen LogP) is 6.43. The van der Waals surface area contributed by atoms with E-state index in [0.29, 0.717) is 40.1 Å². The first-order chi connectivity index (χ1) is 18.8. The van der Waals surface area contributed by atoms with Crippen LogP contribution in [0.25, 0.3) is 6.08 Å². The van der Waals surface area contributed by atoms with Crippen LogP contribution in [0.15, 0.2) is 66.2 Å². The standard InChI is InChI=1S/C29H26Cl2N2O6/c1-3-4-12-38-22-10-8-21(9-11-22)33-28(35)23(27(34)32-29(33)36)14-19-15-24(31)26(25(16-19)37-2)39-17-18-6-5-7-20(30)13-18/h5-11,13-16H,3-4,12,17H2,1-2H3,(H,32,34,36)/b23-14-. The maximum Gasteiger partial charge on any atom is 0.335 e. The highest BCUT2D eigenvalue weighted by molar-refractivity contribution is 6.39. The molecule has 1 aliphatic heterocycles. The summed E-state index contributed by atoms with van der Waals surface area (Å²) in [4.78, 5) is 39.4. The minimum Gasteiger partial charge on any atom is -0.494 e. The van der Waals surface area contributed by atoms with Gasteiger partial charge in [-0.3, -0.25) is 14.9 Å². The third-order valence-corrected chi connectivity index (χ3v) is 6.31. The molecule has 0 radical (unpaired) electrons. The molecule has 0 aliphatic carbocycles. The molecule has 202 valence electrons. The summed E-state index contributed by atoms with van der Waals surface area (Å²) >= 11 is 12.5. The van der Waals surface area contributed by atoms with Crippen molar-refractivity contribution in [3.8, 4) is 17.2 Å². The number of imide groups is 2. The number of rotatable bonds is 10. The number of nitrogens with zero attached hydrogens (tertiary/aromatic N) is 1. The number of hydrogen-bond acceptors (Lipinski definition) is 6. The van der Waals surface area contributed by atoms with Crippen molar-refractivity contribution >= 4 is 52.8 Å². The predicted molar refractivity (Wildman–Crippen MR) is 150 cm³/mol. The van der Waals surface area contributed by atoms with Crippen molar-refractivity contribution in [3.63, 3.8) is 0 Å². The van der Waals surface area contributed by atoms with Gasteiger partial charge in [0.15, 0.2) is 11.5 Å². The van der Waals surface area contributed by atoms with E-state index >= 15 is 0 Å². The van der Waals surface area contributed by atoms with Gasteiger partial charge < -0.3 is 14.2 Å². The van der Waals surface area contributed by atoms with Crippen molar-refractivity contribution < 1.29 is 28.6 Å². The van der Waals surface area contributed by atoms with Crippen molar-refractivity contribution in [2.24, 2.45) is 0 Å². The van der Waals surface area contributed by atoms with E-state index in [1.807, 2.05) is 12.1 Å². The minimum atomic E-state index is -0.845. The summed E-state index contributed by atoms with van der Waals surface area (Å²) in [6.07, 6.45) is 3.25. The van der Waals surface area contributed by atoms with Crippen LogP contribution in [0.3, 0.4) is 0 Å². The fourth-order valence-electron chi connectivity index (χ4n) is 3.83. The topological polar surface area (TPSA) is 94.2 Å². The van der Waals surface area contributed by atoms with Crippen LogP contribution >= 0.6 is 23.2 Å². The number of unbranched alkanes of at least 4 members (excludes halogenated alkanes) is 1. The number of carbonyl (C=O) groups excluding carboxylic acids is 3. The molecule has 3 aromatic carbocycles. The van der Waals surface area contributed by atoms with Gasteiger partial charge in [0.2, 0.25) is 0 Å². The van der Waals surface area contributed by atoms with Crippen LogP contribution in [-0.4, -0.2) is 31.6 Å². The van der Waals surface area contributed by atoms with Gasteiger partial charge in [-0.15, -0.1) is 0 Å². The number of urea groups is 1. The quantitative estimate of drug-likeness (QED) is 0.172. The van der Waals surface area contributed by atoms with Crippen LogP contribution in [0, 0.1) is 0 Å². The zero-order valence-electron chi connectivity index (χ0n) is 21.3. The molecule has 1 aliphatic rings. The maximum absolute atomic E-state index is 13.3. The van der Waals surface area contributed by atoms with Crippen LogP contribution in [0.1, 0.15) is 30.9 Å². The molecule has 0 saturated carbocycles. The molecule has 4 rings (SSSR count). The van der Waals surface area contributed by atoms with E-state index < -0.39 is 17.8 Å². The van der Waals surface area contributed by atoms with E-state index in [-0.39, 0.29) is 17.2 Å². The first kappa shape index (κ1) is 28.0. The van der Waals surface area contributed by atoms with E-state index in [4.69, 9.17) is 37.4 Å². The van der Waals surface area contributed by atoms with E-state index in [1.165, 1.54) is 19.3 Å². The Hall–Kier alpha value is -4.01. The van der Waals surface area contributed by atoms with Gasteiger partial charge in [-0.2, -0.15) is 0 Å². The molecule has 1 saturated heterocycles. The summed E-state index contributed by atoms with van der Waals surface area (Å²) in [6.45, 7) is 2.82. The lowest BCUT2D eigenvalue weighted by atomic mass is 10.1. The number of methoxy groups -OCH3 is 1. The lowest BCUT2D eigenvalue weighted by molar-refractivity contribution is -0.122. The SMILES string of the molecule is CCCCOc1ccc(N2C(=O)NC(=O)/C(=C/c3cc(Cl)c(OCc4cccc(Cl)c4)c(OC)c3)C2=O)cc1. The molecule has 0 bridgehead atoms. The normalized spacial score (nSPS) is 14.4. The number of nitrogens with one attached hydrogen (secondary N) is 1. The Kier molecular flexibility index (Phi) is 9.11. The number of carbonyl (C=O) groups is 3. The number of halogens is 2. The van der Waals surface area contributed by atoms with Crippen LogP contribution < -0.4 is 24.4 Å². The van der Waals surface area contributed by atoms with E-state index in [0.717, 1.165) is 23.3 Å². The van der Waals surface area contributed by atoms with E-state index in [9.17, 15) is 14.4 Å². The molecule has 4 amide bonds. The van der Waals surface area contributed by atoms with Gasteiger partial charge in [0, 0.05) is 5.02 Å². The largest absolute Gasteiger partial charge is 0.494 e. The Balaban J connectivity index is 1.57. The second-order valence-corrected chi connectivity index (χ2v) is 9.45. The zero-order valence-corrected chi connectivity index (χ0v) is 22.8.